The van der Waals surface area contributed by atoms with E-state index in [2.05, 4.69) is 22.3 Å². The van der Waals surface area contributed by atoms with Crippen molar-refractivity contribution in [1.82, 2.24) is 19.3 Å². The number of rotatable bonds is 7. The fourth-order valence-electron chi connectivity index (χ4n) is 2.83. The molecule has 0 radical (unpaired) electrons. The highest BCUT2D eigenvalue weighted by Gasteiger charge is 2.13. The Bertz CT molecular complexity index is 899. The molecule has 1 N–H and O–H groups in total. The largest absolute Gasteiger partial charge is 0.326 e. The number of benzene rings is 1. The number of imidazole rings is 1. The third-order valence-corrected chi connectivity index (χ3v) is 4.41. The molecule has 0 bridgehead atoms. The Balaban J connectivity index is 1.72. The molecule has 0 unspecified atom stereocenters. The molecule has 3 rings (SSSR count). The van der Waals surface area contributed by atoms with Crippen LogP contribution in [0, 0.1) is 6.92 Å². The number of aromatic nitrogens is 4. The highest BCUT2D eigenvalue weighted by atomic mass is 35.5. The van der Waals surface area contributed by atoms with Crippen molar-refractivity contribution in [1.29, 1.82) is 0 Å². The van der Waals surface area contributed by atoms with E-state index < -0.39 is 0 Å². The van der Waals surface area contributed by atoms with Crippen LogP contribution in [-0.2, 0) is 24.3 Å². The maximum atomic E-state index is 12.5. The summed E-state index contributed by atoms with van der Waals surface area (Å²) in [6.07, 6.45) is 5.40. The normalized spacial score (nSPS) is 10.9. The zero-order valence-electron chi connectivity index (χ0n) is 14.9. The first-order valence-electron chi connectivity index (χ1n) is 8.64. The summed E-state index contributed by atoms with van der Waals surface area (Å²) in [5.74, 6) is 1.47. The summed E-state index contributed by atoms with van der Waals surface area (Å²) in [5.41, 5.74) is 1.79. The molecule has 0 aliphatic heterocycles. The van der Waals surface area contributed by atoms with Crippen LogP contribution in [0.15, 0.2) is 42.7 Å². The molecule has 1 aromatic carbocycles. The van der Waals surface area contributed by atoms with Gasteiger partial charge in [-0.1, -0.05) is 36.7 Å². The Labute approximate surface area is 157 Å². The Hall–Kier alpha value is -2.60. The number of aryl methyl sites for hydroxylation is 2. The summed E-state index contributed by atoms with van der Waals surface area (Å²) >= 11 is 6.24. The minimum Gasteiger partial charge on any atom is -0.326 e. The summed E-state index contributed by atoms with van der Waals surface area (Å²) in [4.78, 5) is 16.8. The van der Waals surface area contributed by atoms with E-state index in [-0.39, 0.29) is 12.5 Å². The van der Waals surface area contributed by atoms with E-state index in [4.69, 9.17) is 11.6 Å². The van der Waals surface area contributed by atoms with Gasteiger partial charge in [0.2, 0.25) is 5.91 Å². The van der Waals surface area contributed by atoms with Crippen molar-refractivity contribution < 1.29 is 4.79 Å². The molecule has 0 aliphatic rings. The average molecular weight is 372 g/mol. The van der Waals surface area contributed by atoms with Crippen LogP contribution in [0.4, 0.5) is 5.82 Å². The predicted molar refractivity (Wildman–Crippen MR) is 102 cm³/mol. The summed E-state index contributed by atoms with van der Waals surface area (Å²) in [5, 5.41) is 8.10. The van der Waals surface area contributed by atoms with E-state index in [0.717, 1.165) is 29.9 Å². The van der Waals surface area contributed by atoms with Gasteiger partial charge in [0.25, 0.3) is 0 Å². The minimum atomic E-state index is -0.110. The molecule has 0 saturated carbocycles. The maximum Gasteiger partial charge on any atom is 0.245 e. The number of nitrogens with one attached hydrogen (secondary N) is 1. The summed E-state index contributed by atoms with van der Waals surface area (Å²) in [7, 11) is 0. The van der Waals surface area contributed by atoms with E-state index in [0.29, 0.717) is 17.4 Å². The van der Waals surface area contributed by atoms with Gasteiger partial charge in [0.1, 0.15) is 18.2 Å². The van der Waals surface area contributed by atoms with Crippen LogP contribution >= 0.6 is 11.6 Å². The van der Waals surface area contributed by atoms with Gasteiger partial charge < -0.3 is 9.88 Å². The van der Waals surface area contributed by atoms with Gasteiger partial charge in [0.15, 0.2) is 0 Å². The first-order chi connectivity index (χ1) is 12.6. The number of carbonyl (C=O) groups is 1. The van der Waals surface area contributed by atoms with Crippen molar-refractivity contribution in [3.8, 4) is 0 Å². The molecule has 0 spiro atoms. The number of hydrogen-bond donors (Lipinski definition) is 1. The number of nitrogens with zero attached hydrogens (tertiary/aromatic N) is 4. The van der Waals surface area contributed by atoms with Crippen molar-refractivity contribution >= 4 is 23.3 Å². The maximum absolute atomic E-state index is 12.5. The Morgan fingerprint density at radius 3 is 2.88 bits per heavy atom. The minimum absolute atomic E-state index is 0.110. The van der Waals surface area contributed by atoms with Gasteiger partial charge in [-0.3, -0.25) is 4.79 Å². The molecule has 0 atom stereocenters. The van der Waals surface area contributed by atoms with Gasteiger partial charge >= 0.3 is 0 Å². The van der Waals surface area contributed by atoms with Crippen LogP contribution in [0.1, 0.15) is 30.4 Å². The number of hydrogen-bond acceptors (Lipinski definition) is 3. The lowest BCUT2D eigenvalue weighted by molar-refractivity contribution is -0.116. The van der Waals surface area contributed by atoms with Crippen LogP contribution < -0.4 is 5.32 Å². The van der Waals surface area contributed by atoms with E-state index in [1.165, 1.54) is 0 Å². The van der Waals surface area contributed by atoms with Crippen molar-refractivity contribution in [2.75, 3.05) is 5.32 Å². The van der Waals surface area contributed by atoms with Crippen LogP contribution in [0.5, 0.6) is 0 Å². The van der Waals surface area contributed by atoms with E-state index in [1.807, 2.05) is 48.0 Å². The summed E-state index contributed by atoms with van der Waals surface area (Å²) < 4.78 is 3.63. The Morgan fingerprint density at radius 2 is 2.12 bits per heavy atom. The van der Waals surface area contributed by atoms with E-state index in [9.17, 15) is 4.79 Å². The monoisotopic (exact) mass is 371 g/mol. The van der Waals surface area contributed by atoms with Gasteiger partial charge in [-0.25, -0.2) is 9.67 Å². The number of amides is 1. The summed E-state index contributed by atoms with van der Waals surface area (Å²) in [6.45, 7) is 4.71. The van der Waals surface area contributed by atoms with Gasteiger partial charge in [0, 0.05) is 29.9 Å². The first-order valence-corrected chi connectivity index (χ1v) is 9.02. The lowest BCUT2D eigenvalue weighted by Crippen LogP contribution is -2.22. The quantitative estimate of drug-likeness (QED) is 0.689. The average Bonchev–Trinajstić information content (AvgIpc) is 3.17. The topological polar surface area (TPSA) is 64.7 Å². The van der Waals surface area contributed by atoms with Crippen molar-refractivity contribution in [3.63, 3.8) is 0 Å². The molecule has 6 nitrogen and oxygen atoms in total. The van der Waals surface area contributed by atoms with E-state index >= 15 is 0 Å². The highest BCUT2D eigenvalue weighted by Crippen LogP contribution is 2.19. The third kappa shape index (κ3) is 4.32. The molecule has 0 aliphatic carbocycles. The molecule has 1 amide bonds. The molecular weight excluding hydrogens is 350 g/mol. The highest BCUT2D eigenvalue weighted by molar-refractivity contribution is 6.31. The van der Waals surface area contributed by atoms with Gasteiger partial charge in [0.05, 0.1) is 12.2 Å². The van der Waals surface area contributed by atoms with Gasteiger partial charge in [-0.15, -0.1) is 0 Å². The van der Waals surface area contributed by atoms with Crippen molar-refractivity contribution in [2.45, 2.75) is 39.8 Å². The van der Waals surface area contributed by atoms with Crippen LogP contribution in [0.3, 0.4) is 0 Å². The predicted octanol–water partition coefficient (Wildman–Crippen LogP) is 3.68. The molecule has 26 heavy (non-hydrogen) atoms. The molecule has 2 aromatic heterocycles. The van der Waals surface area contributed by atoms with Crippen LogP contribution in [-0.4, -0.2) is 25.2 Å². The standard InChI is InChI=1S/C19H22ClN5O/c1-3-6-17-21-9-10-24(17)13-19(26)22-18-11-14(2)23-25(18)12-15-7-4-5-8-16(15)20/h4-5,7-11H,3,6,12-13H2,1-2H3,(H,22,26). The third-order valence-electron chi connectivity index (χ3n) is 4.04. The Morgan fingerprint density at radius 1 is 1.31 bits per heavy atom. The van der Waals surface area contributed by atoms with E-state index in [1.54, 1.807) is 10.9 Å². The lowest BCUT2D eigenvalue weighted by Gasteiger charge is -2.11. The number of halogens is 1. The SMILES string of the molecule is CCCc1nccn1CC(=O)Nc1cc(C)nn1Cc1ccccc1Cl. The Kier molecular flexibility index (Phi) is 5.73. The molecular formula is C19H22ClN5O. The number of carbonyl (C=O) groups excluding carboxylic acids is 1. The lowest BCUT2D eigenvalue weighted by atomic mass is 10.2. The first kappa shape index (κ1) is 18.2. The molecule has 2 heterocycles. The molecule has 7 heteroatoms. The second kappa shape index (κ2) is 8.19. The second-order valence-electron chi connectivity index (χ2n) is 6.19. The molecule has 3 aromatic rings. The molecule has 0 saturated heterocycles. The molecule has 0 fully saturated rings. The zero-order chi connectivity index (χ0) is 18.5. The van der Waals surface area contributed by atoms with Crippen molar-refractivity contribution in [3.05, 3.63) is 64.8 Å². The zero-order valence-corrected chi connectivity index (χ0v) is 15.7. The number of anilines is 1. The second-order valence-corrected chi connectivity index (χ2v) is 6.60. The van der Waals surface area contributed by atoms with Crippen LogP contribution in [0.2, 0.25) is 5.02 Å². The fraction of sp³-hybridized carbons (Fsp3) is 0.316. The molecule has 136 valence electrons. The van der Waals surface area contributed by atoms with Crippen LogP contribution in [0.25, 0.3) is 0 Å². The summed E-state index contributed by atoms with van der Waals surface area (Å²) in [6, 6.07) is 9.48. The van der Waals surface area contributed by atoms with Gasteiger partial charge in [-0.2, -0.15) is 5.10 Å². The van der Waals surface area contributed by atoms with Gasteiger partial charge in [-0.05, 0) is 25.0 Å². The smallest absolute Gasteiger partial charge is 0.245 e. The van der Waals surface area contributed by atoms with Crippen molar-refractivity contribution in [2.24, 2.45) is 0 Å². The fourth-order valence-corrected chi connectivity index (χ4v) is 3.02.